The number of aliphatic carboxylic acids is 1. The van der Waals surface area contributed by atoms with Crippen LogP contribution < -0.4 is 11.5 Å². The largest absolute Gasteiger partial charge is 0.477 e. The van der Waals surface area contributed by atoms with Crippen molar-refractivity contribution in [2.24, 2.45) is 11.5 Å². The molecule has 1 amide bonds. The van der Waals surface area contributed by atoms with E-state index in [0.29, 0.717) is 0 Å². The van der Waals surface area contributed by atoms with E-state index in [1.165, 1.54) is 0 Å². The van der Waals surface area contributed by atoms with Gasteiger partial charge in [-0.3, -0.25) is 4.79 Å². The van der Waals surface area contributed by atoms with Crippen molar-refractivity contribution >= 4 is 23.5 Å². The highest BCUT2D eigenvalue weighted by Gasteiger charge is 2.12. The Morgan fingerprint density at radius 1 is 1.30 bits per heavy atom. The van der Waals surface area contributed by atoms with Crippen LogP contribution in [-0.2, 0) is 9.59 Å². The van der Waals surface area contributed by atoms with Crippen LogP contribution in [0, 0.1) is 0 Å². The minimum Gasteiger partial charge on any atom is -0.477 e. The number of carbonyl (C=O) groups is 2. The van der Waals surface area contributed by atoms with Gasteiger partial charge in [-0.25, -0.2) is 4.79 Å². The van der Waals surface area contributed by atoms with E-state index >= 15 is 0 Å². The molecule has 0 radical (unpaired) electrons. The molecule has 10 heavy (non-hydrogen) atoms. The Labute approximate surface area is 61.2 Å². The Balaban J connectivity index is 4.67. The molecule has 0 aromatic rings. The molecule has 0 unspecified atom stereocenters. The normalized spacial score (nSPS) is 12.1. The van der Waals surface area contributed by atoms with Crippen molar-refractivity contribution in [2.45, 2.75) is 0 Å². The predicted octanol–water partition coefficient (Wildman–Crippen LogP) is -1.03. The lowest BCUT2D eigenvalue weighted by atomic mass is 10.4. The lowest BCUT2D eigenvalue weighted by Gasteiger charge is -1.94. The topological polar surface area (TPSA) is 106 Å². The number of primary amides is 1. The summed E-state index contributed by atoms with van der Waals surface area (Å²) in [5.74, 6) is -2.52. The number of carboxylic acid groups (broad SMARTS) is 1. The predicted molar refractivity (Wildman–Crippen MR) is 33.9 cm³/mol. The van der Waals surface area contributed by atoms with Crippen molar-refractivity contribution in [1.29, 1.82) is 0 Å². The molecule has 0 rings (SSSR count). The fourth-order valence-electron chi connectivity index (χ4n) is 0.227. The van der Waals surface area contributed by atoms with E-state index in [1.54, 1.807) is 0 Å². The third-order valence-electron chi connectivity index (χ3n) is 0.683. The molecule has 0 bridgehead atoms. The summed E-state index contributed by atoms with van der Waals surface area (Å²) in [5.41, 5.74) is 8.67. The summed E-state index contributed by atoms with van der Waals surface area (Å²) in [6, 6.07) is 0. The van der Waals surface area contributed by atoms with Crippen LogP contribution in [0.25, 0.3) is 0 Å². The summed E-state index contributed by atoms with van der Waals surface area (Å²) < 4.78 is 0. The maximum Gasteiger partial charge on any atom is 0.353 e. The van der Waals surface area contributed by atoms with Crippen LogP contribution >= 0.6 is 11.6 Å². The Bertz CT molecular complexity index is 189. The molecule has 0 aliphatic heterocycles. The molecule has 5 nitrogen and oxygen atoms in total. The minimum absolute atomic E-state index is 0.660. The first kappa shape index (κ1) is 8.77. The van der Waals surface area contributed by atoms with Gasteiger partial charge >= 0.3 is 5.97 Å². The first-order valence-electron chi connectivity index (χ1n) is 2.15. The van der Waals surface area contributed by atoms with Gasteiger partial charge < -0.3 is 16.6 Å². The molecule has 0 saturated carbocycles. The monoisotopic (exact) mass is 164 g/mol. The van der Waals surface area contributed by atoms with Gasteiger partial charge in [0, 0.05) is 0 Å². The Hall–Kier alpha value is -1.23. The first-order valence-corrected chi connectivity index (χ1v) is 2.53. The maximum absolute atomic E-state index is 10.1. The van der Waals surface area contributed by atoms with Crippen molar-refractivity contribution in [2.75, 3.05) is 0 Å². The summed E-state index contributed by atoms with van der Waals surface area (Å²) in [7, 11) is 0. The number of rotatable bonds is 2. The van der Waals surface area contributed by atoms with E-state index < -0.39 is 22.6 Å². The van der Waals surface area contributed by atoms with Crippen LogP contribution in [0.5, 0.6) is 0 Å². The summed E-state index contributed by atoms with van der Waals surface area (Å²) in [6.45, 7) is 0. The van der Waals surface area contributed by atoms with Gasteiger partial charge in [0.1, 0.15) is 10.7 Å². The van der Waals surface area contributed by atoms with E-state index in [4.69, 9.17) is 22.4 Å². The van der Waals surface area contributed by atoms with Crippen molar-refractivity contribution in [3.63, 3.8) is 0 Å². The van der Waals surface area contributed by atoms with E-state index in [2.05, 4.69) is 5.73 Å². The molecule has 0 aliphatic carbocycles. The van der Waals surface area contributed by atoms with Crippen LogP contribution in [0.2, 0.25) is 0 Å². The third-order valence-corrected chi connectivity index (χ3v) is 1.07. The second-order valence-electron chi connectivity index (χ2n) is 1.40. The molecule has 0 saturated heterocycles. The molecule has 0 aromatic heterocycles. The molecular weight excluding hydrogens is 160 g/mol. The number of halogens is 1. The van der Waals surface area contributed by atoms with Crippen LogP contribution in [0.15, 0.2) is 10.7 Å². The standard InChI is InChI=1S/C4H5ClN2O3/c5-1(3(7)8)2(6)4(9)10/h6H2,(H2,7,8)(H,9,10)/b2-1-. The van der Waals surface area contributed by atoms with Crippen LogP contribution in [0.1, 0.15) is 0 Å². The van der Waals surface area contributed by atoms with Gasteiger partial charge in [0.25, 0.3) is 5.91 Å². The highest BCUT2D eigenvalue weighted by molar-refractivity contribution is 6.43. The maximum atomic E-state index is 10.1. The molecule has 0 atom stereocenters. The molecule has 0 aliphatic rings. The van der Waals surface area contributed by atoms with Gasteiger partial charge in [-0.15, -0.1) is 0 Å². The van der Waals surface area contributed by atoms with Gasteiger partial charge in [-0.1, -0.05) is 11.6 Å². The van der Waals surface area contributed by atoms with Crippen LogP contribution in [0.4, 0.5) is 0 Å². The average Bonchev–Trinajstić information content (AvgIpc) is 1.84. The van der Waals surface area contributed by atoms with Crippen LogP contribution in [-0.4, -0.2) is 17.0 Å². The molecule has 0 fully saturated rings. The zero-order valence-corrected chi connectivity index (χ0v) is 5.55. The number of hydrogen-bond acceptors (Lipinski definition) is 3. The Morgan fingerprint density at radius 2 is 1.70 bits per heavy atom. The Kier molecular flexibility index (Phi) is 2.69. The SMILES string of the molecule is NC(=O)/C(Cl)=C(/N)C(=O)O. The van der Waals surface area contributed by atoms with Crippen LogP contribution in [0.3, 0.4) is 0 Å². The number of nitrogens with two attached hydrogens (primary N) is 2. The molecule has 6 heteroatoms. The second-order valence-corrected chi connectivity index (χ2v) is 1.78. The first-order chi connectivity index (χ1) is 4.46. The average molecular weight is 165 g/mol. The zero-order chi connectivity index (χ0) is 8.31. The molecule has 0 heterocycles. The number of carbonyl (C=O) groups excluding carboxylic acids is 1. The summed E-state index contributed by atoms with van der Waals surface area (Å²) in [6.07, 6.45) is 0. The molecule has 0 aromatic carbocycles. The lowest BCUT2D eigenvalue weighted by Crippen LogP contribution is -2.20. The molecular formula is C4H5ClN2O3. The highest BCUT2D eigenvalue weighted by atomic mass is 35.5. The zero-order valence-electron chi connectivity index (χ0n) is 4.80. The minimum atomic E-state index is -1.47. The van der Waals surface area contributed by atoms with Gasteiger partial charge in [-0.05, 0) is 0 Å². The van der Waals surface area contributed by atoms with E-state index in [9.17, 15) is 9.59 Å². The highest BCUT2D eigenvalue weighted by Crippen LogP contribution is 2.02. The summed E-state index contributed by atoms with van der Waals surface area (Å²) in [5, 5.41) is 7.47. The summed E-state index contributed by atoms with van der Waals surface area (Å²) in [4.78, 5) is 20.1. The molecule has 56 valence electrons. The third kappa shape index (κ3) is 1.94. The lowest BCUT2D eigenvalue weighted by molar-refractivity contribution is -0.133. The van der Waals surface area contributed by atoms with Gasteiger partial charge in [0.05, 0.1) is 0 Å². The Morgan fingerprint density at radius 3 is 1.80 bits per heavy atom. The van der Waals surface area contributed by atoms with E-state index in [-0.39, 0.29) is 0 Å². The number of hydrogen-bond donors (Lipinski definition) is 3. The van der Waals surface area contributed by atoms with E-state index in [1.807, 2.05) is 0 Å². The van der Waals surface area contributed by atoms with Crippen molar-refractivity contribution < 1.29 is 14.7 Å². The van der Waals surface area contributed by atoms with E-state index in [0.717, 1.165) is 0 Å². The van der Waals surface area contributed by atoms with Crippen molar-refractivity contribution in [1.82, 2.24) is 0 Å². The van der Waals surface area contributed by atoms with Crippen molar-refractivity contribution in [3.05, 3.63) is 10.7 Å². The fourth-order valence-corrected chi connectivity index (χ4v) is 0.307. The summed E-state index contributed by atoms with van der Waals surface area (Å²) >= 11 is 5.06. The smallest absolute Gasteiger partial charge is 0.353 e. The second kappa shape index (κ2) is 3.07. The molecule has 0 spiro atoms. The fraction of sp³-hybridized carbons (Fsp3) is 0. The quantitative estimate of drug-likeness (QED) is 0.454. The number of carboxylic acids is 1. The molecule has 5 N–H and O–H groups in total. The van der Waals surface area contributed by atoms with Crippen molar-refractivity contribution in [3.8, 4) is 0 Å². The number of amides is 1. The van der Waals surface area contributed by atoms with Gasteiger partial charge in [-0.2, -0.15) is 0 Å². The van der Waals surface area contributed by atoms with Gasteiger partial charge in [0.15, 0.2) is 0 Å². The van der Waals surface area contributed by atoms with Gasteiger partial charge in [0.2, 0.25) is 0 Å².